The quantitative estimate of drug-likeness (QED) is 0.749. The van der Waals surface area contributed by atoms with Gasteiger partial charge in [-0.05, 0) is 11.6 Å². The Kier molecular flexibility index (Phi) is 5.09. The summed E-state index contributed by atoms with van der Waals surface area (Å²) in [6.45, 7) is -0.802. The molecule has 0 spiro atoms. The summed E-state index contributed by atoms with van der Waals surface area (Å²) in [5.74, 6) is -2.21. The number of benzene rings is 1. The van der Waals surface area contributed by atoms with Crippen molar-refractivity contribution < 1.29 is 33.0 Å². The second-order valence-electron chi connectivity index (χ2n) is 4.02. The van der Waals surface area contributed by atoms with Crippen LogP contribution in [0.1, 0.15) is 11.1 Å². The molecule has 0 radical (unpaired) electrons. The Morgan fingerprint density at radius 2 is 1.95 bits per heavy atom. The Balaban J connectivity index is 2.74. The lowest BCUT2D eigenvalue weighted by molar-refractivity contribution is -0.142. The van der Waals surface area contributed by atoms with Crippen molar-refractivity contribution in [1.82, 2.24) is 5.32 Å². The maximum atomic E-state index is 12.5. The van der Waals surface area contributed by atoms with Gasteiger partial charge in [0, 0.05) is 0 Å². The summed E-state index contributed by atoms with van der Waals surface area (Å²) in [5, 5.41) is 19.3. The lowest BCUT2D eigenvalue weighted by Crippen LogP contribution is -2.43. The van der Waals surface area contributed by atoms with Crippen molar-refractivity contribution in [1.29, 1.82) is 0 Å². The molecule has 0 aliphatic rings. The SMILES string of the molecule is O=C(Cc1cccc(C(F)(F)F)c1)N[C@H](CO)C(=O)O. The van der Waals surface area contributed by atoms with E-state index in [1.165, 1.54) is 6.07 Å². The van der Waals surface area contributed by atoms with Gasteiger partial charge in [0.25, 0.3) is 0 Å². The Morgan fingerprint density at radius 3 is 2.45 bits per heavy atom. The molecule has 0 saturated carbocycles. The van der Waals surface area contributed by atoms with Gasteiger partial charge in [-0.3, -0.25) is 4.79 Å². The van der Waals surface area contributed by atoms with Gasteiger partial charge in [0.2, 0.25) is 5.91 Å². The third-order valence-electron chi connectivity index (χ3n) is 2.43. The van der Waals surface area contributed by atoms with Crippen molar-refractivity contribution >= 4 is 11.9 Å². The fourth-order valence-corrected chi connectivity index (χ4v) is 1.47. The van der Waals surface area contributed by atoms with Crippen LogP contribution in [0.5, 0.6) is 0 Å². The van der Waals surface area contributed by atoms with Gasteiger partial charge in [-0.2, -0.15) is 13.2 Å². The fourth-order valence-electron chi connectivity index (χ4n) is 1.47. The van der Waals surface area contributed by atoms with Gasteiger partial charge in [0.1, 0.15) is 6.04 Å². The van der Waals surface area contributed by atoms with Crippen molar-refractivity contribution in [3.8, 4) is 0 Å². The molecule has 0 unspecified atom stereocenters. The van der Waals surface area contributed by atoms with Gasteiger partial charge in [-0.15, -0.1) is 0 Å². The largest absolute Gasteiger partial charge is 0.480 e. The number of halogens is 3. The molecule has 0 aliphatic carbocycles. The van der Waals surface area contributed by atoms with E-state index in [0.29, 0.717) is 0 Å². The molecule has 0 fully saturated rings. The first-order chi connectivity index (χ1) is 9.24. The van der Waals surface area contributed by atoms with Gasteiger partial charge >= 0.3 is 12.1 Å². The molecule has 1 atom stereocenters. The van der Waals surface area contributed by atoms with Crippen molar-refractivity contribution in [3.63, 3.8) is 0 Å². The summed E-state index contributed by atoms with van der Waals surface area (Å²) in [7, 11) is 0. The van der Waals surface area contributed by atoms with Crippen molar-refractivity contribution in [3.05, 3.63) is 35.4 Å². The average Bonchev–Trinajstić information content (AvgIpc) is 2.34. The first-order valence-electron chi connectivity index (χ1n) is 5.53. The predicted octanol–water partition coefficient (Wildman–Crippen LogP) is 0.810. The standard InChI is InChI=1S/C12H12F3NO4/c13-12(14,15)8-3-1-2-7(4-8)5-10(18)16-9(6-17)11(19)20/h1-4,9,17H,5-6H2,(H,16,18)(H,19,20)/t9-/m1/s1. The number of hydrogen-bond acceptors (Lipinski definition) is 3. The van der Waals surface area contributed by atoms with Crippen LogP contribution in [0.2, 0.25) is 0 Å². The highest BCUT2D eigenvalue weighted by atomic mass is 19.4. The molecular formula is C12H12F3NO4. The van der Waals surface area contributed by atoms with Gasteiger partial charge in [-0.1, -0.05) is 18.2 Å². The van der Waals surface area contributed by atoms with Crippen LogP contribution in [0, 0.1) is 0 Å². The zero-order valence-electron chi connectivity index (χ0n) is 10.1. The van der Waals surface area contributed by atoms with E-state index in [1.807, 2.05) is 5.32 Å². The number of carboxylic acids is 1. The van der Waals surface area contributed by atoms with Crippen LogP contribution < -0.4 is 5.32 Å². The number of aliphatic carboxylic acids is 1. The van der Waals surface area contributed by atoms with Crippen LogP contribution in [-0.4, -0.2) is 34.7 Å². The third-order valence-corrected chi connectivity index (χ3v) is 2.43. The van der Waals surface area contributed by atoms with Crippen LogP contribution in [0.25, 0.3) is 0 Å². The van der Waals surface area contributed by atoms with Gasteiger partial charge < -0.3 is 15.5 Å². The first kappa shape index (κ1) is 16.0. The summed E-state index contributed by atoms with van der Waals surface area (Å²) in [6.07, 6.45) is -4.92. The minimum absolute atomic E-state index is 0.0967. The molecule has 1 rings (SSSR count). The number of nitrogens with one attached hydrogen (secondary N) is 1. The maximum absolute atomic E-state index is 12.5. The molecule has 110 valence electrons. The molecule has 5 nitrogen and oxygen atoms in total. The van der Waals surface area contributed by atoms with Gasteiger partial charge in [0.05, 0.1) is 18.6 Å². The van der Waals surface area contributed by atoms with Crippen LogP contribution >= 0.6 is 0 Å². The number of aliphatic hydroxyl groups excluding tert-OH is 1. The molecule has 0 aliphatic heterocycles. The number of carbonyl (C=O) groups is 2. The number of hydrogen-bond donors (Lipinski definition) is 3. The molecule has 0 heterocycles. The third kappa shape index (κ3) is 4.54. The van der Waals surface area contributed by atoms with E-state index < -0.39 is 42.7 Å². The molecule has 0 saturated heterocycles. The Bertz CT molecular complexity index is 502. The summed E-state index contributed by atoms with van der Waals surface area (Å²) < 4.78 is 37.4. The minimum atomic E-state index is -4.51. The topological polar surface area (TPSA) is 86.6 Å². The number of alkyl halides is 3. The van der Waals surface area contributed by atoms with Crippen molar-refractivity contribution in [2.24, 2.45) is 0 Å². The maximum Gasteiger partial charge on any atom is 0.416 e. The Hall–Kier alpha value is -2.09. The number of carboxylic acid groups (broad SMARTS) is 1. The van der Waals surface area contributed by atoms with Crippen LogP contribution in [0.15, 0.2) is 24.3 Å². The monoisotopic (exact) mass is 291 g/mol. The highest BCUT2D eigenvalue weighted by molar-refractivity contribution is 5.84. The van der Waals surface area contributed by atoms with Crippen LogP contribution in [0.3, 0.4) is 0 Å². The summed E-state index contributed by atoms with van der Waals surface area (Å²) >= 11 is 0. The van der Waals surface area contributed by atoms with E-state index in [4.69, 9.17) is 10.2 Å². The molecule has 1 aromatic carbocycles. The second kappa shape index (κ2) is 6.38. The second-order valence-corrected chi connectivity index (χ2v) is 4.02. The number of carbonyl (C=O) groups excluding carboxylic acids is 1. The summed E-state index contributed by atoms with van der Waals surface area (Å²) in [4.78, 5) is 22.1. The van der Waals surface area contributed by atoms with E-state index in [-0.39, 0.29) is 5.56 Å². The van der Waals surface area contributed by atoms with E-state index in [1.54, 1.807) is 0 Å². The number of rotatable bonds is 5. The highest BCUT2D eigenvalue weighted by Gasteiger charge is 2.30. The molecule has 0 bridgehead atoms. The lowest BCUT2D eigenvalue weighted by Gasteiger charge is -2.12. The highest BCUT2D eigenvalue weighted by Crippen LogP contribution is 2.29. The fraction of sp³-hybridized carbons (Fsp3) is 0.333. The zero-order chi connectivity index (χ0) is 15.3. The molecule has 1 amide bonds. The molecular weight excluding hydrogens is 279 g/mol. The van der Waals surface area contributed by atoms with E-state index in [9.17, 15) is 22.8 Å². The van der Waals surface area contributed by atoms with Crippen molar-refractivity contribution in [2.75, 3.05) is 6.61 Å². The number of amides is 1. The average molecular weight is 291 g/mol. The molecule has 3 N–H and O–H groups in total. The van der Waals surface area contributed by atoms with Gasteiger partial charge in [0.15, 0.2) is 0 Å². The Labute approximate surface area is 112 Å². The smallest absolute Gasteiger partial charge is 0.416 e. The number of aliphatic hydroxyl groups is 1. The normalized spacial score (nSPS) is 12.8. The molecule has 1 aromatic rings. The summed E-state index contributed by atoms with van der Waals surface area (Å²) in [5.41, 5.74) is -0.792. The van der Waals surface area contributed by atoms with Crippen LogP contribution in [0.4, 0.5) is 13.2 Å². The molecule has 0 aromatic heterocycles. The first-order valence-corrected chi connectivity index (χ1v) is 5.53. The van der Waals surface area contributed by atoms with E-state index in [2.05, 4.69) is 0 Å². The minimum Gasteiger partial charge on any atom is -0.480 e. The molecule has 20 heavy (non-hydrogen) atoms. The lowest BCUT2D eigenvalue weighted by atomic mass is 10.1. The summed E-state index contributed by atoms with van der Waals surface area (Å²) in [6, 6.07) is 2.69. The predicted molar refractivity (Wildman–Crippen MR) is 61.8 cm³/mol. The van der Waals surface area contributed by atoms with Crippen LogP contribution in [-0.2, 0) is 22.2 Å². The van der Waals surface area contributed by atoms with E-state index in [0.717, 1.165) is 18.2 Å². The molecule has 8 heteroatoms. The Morgan fingerprint density at radius 1 is 1.30 bits per heavy atom. The van der Waals surface area contributed by atoms with Gasteiger partial charge in [-0.25, -0.2) is 4.79 Å². The van der Waals surface area contributed by atoms with Crippen molar-refractivity contribution in [2.45, 2.75) is 18.6 Å². The zero-order valence-corrected chi connectivity index (χ0v) is 10.1. The van der Waals surface area contributed by atoms with E-state index >= 15 is 0 Å².